The number of nitrogens with zero attached hydrogens (tertiary/aromatic N) is 1. The highest BCUT2D eigenvalue weighted by Gasteiger charge is 2.24. The van der Waals surface area contributed by atoms with Gasteiger partial charge in [0.15, 0.2) is 0 Å². The molecule has 6 heteroatoms. The van der Waals surface area contributed by atoms with Gasteiger partial charge in [-0.1, -0.05) is 22.0 Å². The number of hydrogen-bond acceptors (Lipinski definition) is 3. The predicted octanol–water partition coefficient (Wildman–Crippen LogP) is 4.54. The van der Waals surface area contributed by atoms with E-state index < -0.39 is 10.0 Å². The smallest absolute Gasteiger partial charge is 0.264 e. The van der Waals surface area contributed by atoms with Gasteiger partial charge in [0.2, 0.25) is 0 Å². The molecule has 0 saturated heterocycles. The Balaban J connectivity index is 2.44. The van der Waals surface area contributed by atoms with Gasteiger partial charge in [-0.3, -0.25) is 4.31 Å². The fourth-order valence-electron chi connectivity index (χ4n) is 2.25. The van der Waals surface area contributed by atoms with Gasteiger partial charge in [0.05, 0.1) is 23.7 Å². The van der Waals surface area contributed by atoms with Crippen molar-refractivity contribution in [3.63, 3.8) is 0 Å². The molecule has 128 valence electrons. The van der Waals surface area contributed by atoms with Gasteiger partial charge >= 0.3 is 0 Å². The standard InChI is InChI=1S/C18H20BrNO3S/c1-4-12-20(15-6-11-18(19)14(3)13-15)24(21,22)17-9-7-16(8-10-17)23-5-2/h4,6-11,13H,1,5,12H2,2-3H3. The Morgan fingerprint density at radius 3 is 2.42 bits per heavy atom. The zero-order chi connectivity index (χ0) is 17.7. The molecule has 0 aliphatic rings. The summed E-state index contributed by atoms with van der Waals surface area (Å²) in [6, 6.07) is 11.9. The zero-order valence-electron chi connectivity index (χ0n) is 13.7. The van der Waals surface area contributed by atoms with Crippen LogP contribution in [0.4, 0.5) is 5.69 Å². The van der Waals surface area contributed by atoms with E-state index in [0.29, 0.717) is 18.0 Å². The summed E-state index contributed by atoms with van der Waals surface area (Å²) in [5, 5.41) is 0. The second-order valence-corrected chi connectivity index (χ2v) is 7.88. The van der Waals surface area contributed by atoms with Crippen molar-refractivity contribution in [2.24, 2.45) is 0 Å². The minimum absolute atomic E-state index is 0.191. The van der Waals surface area contributed by atoms with E-state index in [1.165, 1.54) is 4.31 Å². The monoisotopic (exact) mass is 409 g/mol. The predicted molar refractivity (Wildman–Crippen MR) is 101 cm³/mol. The Labute approximate surface area is 151 Å². The molecule has 0 heterocycles. The van der Waals surface area contributed by atoms with Crippen molar-refractivity contribution in [3.8, 4) is 5.75 Å². The molecule has 0 aliphatic carbocycles. The second-order valence-electron chi connectivity index (χ2n) is 5.16. The first-order valence-corrected chi connectivity index (χ1v) is 9.76. The van der Waals surface area contributed by atoms with Crippen LogP contribution in [0.5, 0.6) is 5.75 Å². The maximum absolute atomic E-state index is 13.0. The number of rotatable bonds is 7. The number of sulfonamides is 1. The molecule has 4 nitrogen and oxygen atoms in total. The largest absolute Gasteiger partial charge is 0.494 e. The van der Waals surface area contributed by atoms with E-state index in [0.717, 1.165) is 10.0 Å². The molecule has 0 unspecified atom stereocenters. The number of anilines is 1. The molecule has 0 saturated carbocycles. The molecule has 0 spiro atoms. The van der Waals surface area contributed by atoms with Crippen molar-refractivity contribution < 1.29 is 13.2 Å². The van der Waals surface area contributed by atoms with Gasteiger partial charge in [0, 0.05) is 4.47 Å². The lowest BCUT2D eigenvalue weighted by molar-refractivity contribution is 0.340. The van der Waals surface area contributed by atoms with Gasteiger partial charge in [-0.15, -0.1) is 6.58 Å². The molecule has 0 aliphatic heterocycles. The molecule has 2 rings (SSSR count). The molecule has 2 aromatic carbocycles. The fourth-order valence-corrected chi connectivity index (χ4v) is 3.92. The number of benzene rings is 2. The quantitative estimate of drug-likeness (QED) is 0.630. The molecule has 0 fully saturated rings. The van der Waals surface area contributed by atoms with Gasteiger partial charge in [-0.05, 0) is 61.9 Å². The van der Waals surface area contributed by atoms with E-state index in [9.17, 15) is 8.42 Å². The summed E-state index contributed by atoms with van der Waals surface area (Å²) in [5.74, 6) is 0.645. The normalized spacial score (nSPS) is 11.1. The number of aryl methyl sites for hydroxylation is 1. The third-order valence-electron chi connectivity index (χ3n) is 3.45. The Morgan fingerprint density at radius 2 is 1.88 bits per heavy atom. The second kappa shape index (κ2) is 7.85. The van der Waals surface area contributed by atoms with Crippen LogP contribution in [0.2, 0.25) is 0 Å². The van der Waals surface area contributed by atoms with Crippen molar-refractivity contribution in [2.75, 3.05) is 17.5 Å². The topological polar surface area (TPSA) is 46.6 Å². The zero-order valence-corrected chi connectivity index (χ0v) is 16.1. The summed E-state index contributed by atoms with van der Waals surface area (Å²) in [6.45, 7) is 8.20. The summed E-state index contributed by atoms with van der Waals surface area (Å²) in [6.07, 6.45) is 1.57. The maximum atomic E-state index is 13.0. The van der Waals surface area contributed by atoms with E-state index in [1.807, 2.05) is 26.0 Å². The molecule has 0 aromatic heterocycles. The van der Waals surface area contributed by atoms with Crippen molar-refractivity contribution in [3.05, 3.63) is 65.2 Å². The molecule has 0 bridgehead atoms. The van der Waals surface area contributed by atoms with E-state index >= 15 is 0 Å². The van der Waals surface area contributed by atoms with Crippen molar-refractivity contribution in [1.82, 2.24) is 0 Å². The summed E-state index contributed by atoms with van der Waals surface area (Å²) >= 11 is 3.43. The summed E-state index contributed by atoms with van der Waals surface area (Å²) in [4.78, 5) is 0.216. The lowest BCUT2D eigenvalue weighted by Gasteiger charge is -2.24. The molecule has 0 atom stereocenters. The minimum atomic E-state index is -3.69. The highest BCUT2D eigenvalue weighted by molar-refractivity contribution is 9.10. The molecular formula is C18H20BrNO3S. The van der Waals surface area contributed by atoms with Crippen LogP contribution >= 0.6 is 15.9 Å². The fraction of sp³-hybridized carbons (Fsp3) is 0.222. The third-order valence-corrected chi connectivity index (χ3v) is 6.14. The van der Waals surface area contributed by atoms with Crippen LogP contribution in [0.15, 0.2) is 64.5 Å². The van der Waals surface area contributed by atoms with Crippen LogP contribution in [-0.2, 0) is 10.0 Å². The summed E-state index contributed by atoms with van der Waals surface area (Å²) < 4.78 is 33.7. The maximum Gasteiger partial charge on any atom is 0.264 e. The Bertz CT molecular complexity index is 817. The van der Waals surface area contributed by atoms with Crippen LogP contribution in [-0.4, -0.2) is 21.6 Å². The molecule has 0 radical (unpaired) electrons. The van der Waals surface area contributed by atoms with Crippen molar-refractivity contribution >= 4 is 31.6 Å². The van der Waals surface area contributed by atoms with E-state index in [4.69, 9.17) is 4.74 Å². The van der Waals surface area contributed by atoms with E-state index in [2.05, 4.69) is 22.5 Å². The van der Waals surface area contributed by atoms with Crippen molar-refractivity contribution in [2.45, 2.75) is 18.7 Å². The molecule has 2 aromatic rings. The van der Waals surface area contributed by atoms with Gasteiger partial charge < -0.3 is 4.74 Å². The number of ether oxygens (including phenoxy) is 1. The van der Waals surface area contributed by atoms with Crippen LogP contribution in [0, 0.1) is 6.92 Å². The Hall–Kier alpha value is -1.79. The number of hydrogen-bond donors (Lipinski definition) is 0. The summed E-state index contributed by atoms with van der Waals surface area (Å²) in [7, 11) is -3.69. The Kier molecular flexibility index (Phi) is 6.07. The van der Waals surface area contributed by atoms with Crippen LogP contribution < -0.4 is 9.04 Å². The average Bonchev–Trinajstić information content (AvgIpc) is 2.56. The minimum Gasteiger partial charge on any atom is -0.494 e. The number of halogens is 1. The van der Waals surface area contributed by atoms with Crippen LogP contribution in [0.3, 0.4) is 0 Å². The first kappa shape index (κ1) is 18.5. The van der Waals surface area contributed by atoms with Crippen LogP contribution in [0.1, 0.15) is 12.5 Å². The average molecular weight is 410 g/mol. The lowest BCUT2D eigenvalue weighted by Crippen LogP contribution is -2.31. The molecule has 0 N–H and O–H groups in total. The summed E-state index contributed by atoms with van der Waals surface area (Å²) in [5.41, 5.74) is 1.56. The van der Waals surface area contributed by atoms with Gasteiger partial charge in [0.1, 0.15) is 5.75 Å². The van der Waals surface area contributed by atoms with Crippen LogP contribution in [0.25, 0.3) is 0 Å². The molecule has 0 amide bonds. The first-order valence-electron chi connectivity index (χ1n) is 7.52. The van der Waals surface area contributed by atoms with Crippen molar-refractivity contribution in [1.29, 1.82) is 0 Å². The third kappa shape index (κ3) is 3.99. The van der Waals surface area contributed by atoms with Gasteiger partial charge in [0.25, 0.3) is 10.0 Å². The lowest BCUT2D eigenvalue weighted by atomic mass is 10.2. The van der Waals surface area contributed by atoms with Gasteiger partial charge in [-0.2, -0.15) is 0 Å². The highest BCUT2D eigenvalue weighted by Crippen LogP contribution is 2.28. The SMILES string of the molecule is C=CCN(c1ccc(Br)c(C)c1)S(=O)(=O)c1ccc(OCC)cc1. The Morgan fingerprint density at radius 1 is 1.21 bits per heavy atom. The molecule has 24 heavy (non-hydrogen) atoms. The molecular weight excluding hydrogens is 390 g/mol. The van der Waals surface area contributed by atoms with Gasteiger partial charge in [-0.25, -0.2) is 8.42 Å². The highest BCUT2D eigenvalue weighted by atomic mass is 79.9. The first-order chi connectivity index (χ1) is 11.4. The van der Waals surface area contributed by atoms with E-state index in [-0.39, 0.29) is 11.4 Å². The van der Waals surface area contributed by atoms with E-state index in [1.54, 1.807) is 36.4 Å².